The van der Waals surface area contributed by atoms with E-state index in [1.165, 1.54) is 6.07 Å². The molecule has 1 N–H and O–H groups in total. The van der Waals surface area contributed by atoms with Crippen molar-refractivity contribution in [2.75, 3.05) is 37.6 Å². The maximum Gasteiger partial charge on any atom is 0.251 e. The molecule has 1 aromatic carbocycles. The van der Waals surface area contributed by atoms with Gasteiger partial charge in [0.2, 0.25) is 5.89 Å². The summed E-state index contributed by atoms with van der Waals surface area (Å²) in [6.07, 6.45) is 0. The number of anilines is 1. The Hall–Kier alpha value is -2.41. The van der Waals surface area contributed by atoms with Crippen molar-refractivity contribution in [2.45, 2.75) is 27.3 Å². The number of nitrogens with one attached hydrogen (secondary N) is 1. The highest BCUT2D eigenvalue weighted by atomic mass is 19.1. The van der Waals surface area contributed by atoms with Crippen molar-refractivity contribution in [3.63, 3.8) is 0 Å². The molecule has 0 atom stereocenters. The number of piperazine rings is 1. The minimum absolute atomic E-state index is 0.176. The van der Waals surface area contributed by atoms with Crippen LogP contribution in [-0.2, 0) is 6.54 Å². The van der Waals surface area contributed by atoms with E-state index in [-0.39, 0.29) is 18.3 Å². The number of hydrogen-bond donors (Lipinski definition) is 1. The van der Waals surface area contributed by atoms with E-state index in [4.69, 9.17) is 4.42 Å². The quantitative estimate of drug-likeness (QED) is 0.888. The molecule has 0 aliphatic carbocycles. The summed E-state index contributed by atoms with van der Waals surface area (Å²) in [6, 6.07) is 4.64. The van der Waals surface area contributed by atoms with E-state index >= 15 is 0 Å². The summed E-state index contributed by atoms with van der Waals surface area (Å²) in [5.74, 6) is 0.456. The van der Waals surface area contributed by atoms with Gasteiger partial charge < -0.3 is 19.5 Å². The van der Waals surface area contributed by atoms with Crippen LogP contribution in [0.1, 0.15) is 34.6 Å². The van der Waals surface area contributed by atoms with Gasteiger partial charge in [-0.25, -0.2) is 9.37 Å². The smallest absolute Gasteiger partial charge is 0.251 e. The zero-order chi connectivity index (χ0) is 18.7. The first-order valence-electron chi connectivity index (χ1n) is 8.96. The Morgan fingerprint density at radius 3 is 2.58 bits per heavy atom. The third kappa shape index (κ3) is 4.04. The first kappa shape index (κ1) is 18.4. The van der Waals surface area contributed by atoms with Gasteiger partial charge in [-0.2, -0.15) is 0 Å². The van der Waals surface area contributed by atoms with Gasteiger partial charge in [0.05, 0.1) is 17.9 Å². The molecular weight excluding hydrogens is 335 g/mol. The van der Waals surface area contributed by atoms with Gasteiger partial charge in [0.1, 0.15) is 11.6 Å². The SMILES string of the molecule is CCN1CCN(c2ccc(C(=O)NCc3nc(C)c(C)o3)cc2F)CC1. The van der Waals surface area contributed by atoms with Gasteiger partial charge in [-0.1, -0.05) is 6.92 Å². The number of benzene rings is 1. The highest BCUT2D eigenvalue weighted by molar-refractivity contribution is 5.94. The van der Waals surface area contributed by atoms with E-state index in [9.17, 15) is 9.18 Å². The normalized spacial score (nSPS) is 15.3. The molecule has 3 rings (SSSR count). The predicted molar refractivity (Wildman–Crippen MR) is 97.9 cm³/mol. The molecule has 1 amide bonds. The maximum absolute atomic E-state index is 14.5. The summed E-state index contributed by atoms with van der Waals surface area (Å²) in [6.45, 7) is 10.4. The third-order valence-corrected chi connectivity index (χ3v) is 4.84. The second-order valence-corrected chi connectivity index (χ2v) is 6.52. The number of aryl methyl sites for hydroxylation is 2. The zero-order valence-electron chi connectivity index (χ0n) is 15.5. The molecule has 0 unspecified atom stereocenters. The van der Waals surface area contributed by atoms with E-state index in [2.05, 4.69) is 22.1 Å². The lowest BCUT2D eigenvalue weighted by molar-refractivity contribution is 0.0946. The van der Waals surface area contributed by atoms with Crippen LogP contribution >= 0.6 is 0 Å². The van der Waals surface area contributed by atoms with Crippen molar-refractivity contribution in [1.82, 2.24) is 15.2 Å². The first-order chi connectivity index (χ1) is 12.5. The Kier molecular flexibility index (Phi) is 5.56. The topological polar surface area (TPSA) is 61.6 Å². The van der Waals surface area contributed by atoms with Crippen LogP contribution in [0.5, 0.6) is 0 Å². The van der Waals surface area contributed by atoms with Crippen LogP contribution in [0, 0.1) is 19.7 Å². The van der Waals surface area contributed by atoms with Crippen LogP contribution in [0.3, 0.4) is 0 Å². The molecule has 1 saturated heterocycles. The van der Waals surface area contributed by atoms with Crippen LogP contribution in [0.2, 0.25) is 0 Å². The van der Waals surface area contributed by atoms with Gasteiger partial charge in [0, 0.05) is 31.7 Å². The first-order valence-corrected chi connectivity index (χ1v) is 8.96. The van der Waals surface area contributed by atoms with E-state index < -0.39 is 0 Å². The lowest BCUT2D eigenvalue weighted by Gasteiger charge is -2.35. The van der Waals surface area contributed by atoms with Crippen LogP contribution in [0.4, 0.5) is 10.1 Å². The summed E-state index contributed by atoms with van der Waals surface area (Å²) >= 11 is 0. The number of amides is 1. The summed E-state index contributed by atoms with van der Waals surface area (Å²) in [5, 5.41) is 2.71. The zero-order valence-corrected chi connectivity index (χ0v) is 15.5. The van der Waals surface area contributed by atoms with Crippen molar-refractivity contribution in [1.29, 1.82) is 0 Å². The lowest BCUT2D eigenvalue weighted by Crippen LogP contribution is -2.46. The summed E-state index contributed by atoms with van der Waals surface area (Å²) in [5.41, 5.74) is 1.64. The van der Waals surface area contributed by atoms with E-state index in [1.54, 1.807) is 12.1 Å². The number of rotatable bonds is 5. The van der Waals surface area contributed by atoms with Crippen LogP contribution in [-0.4, -0.2) is 48.5 Å². The van der Waals surface area contributed by atoms with Gasteiger partial charge in [0.15, 0.2) is 0 Å². The summed E-state index contributed by atoms with van der Waals surface area (Å²) < 4.78 is 20.0. The number of likely N-dealkylation sites (N-methyl/N-ethyl adjacent to an activating group) is 1. The number of carbonyl (C=O) groups excluding carboxylic acids is 1. The number of oxazole rings is 1. The molecule has 1 aliphatic rings. The molecule has 0 spiro atoms. The fraction of sp³-hybridized carbons (Fsp3) is 0.474. The molecule has 1 aromatic heterocycles. The Morgan fingerprint density at radius 2 is 2.00 bits per heavy atom. The Balaban J connectivity index is 1.62. The molecule has 2 aromatic rings. The minimum Gasteiger partial charge on any atom is -0.444 e. The molecule has 1 fully saturated rings. The molecular formula is C19H25FN4O2. The highest BCUT2D eigenvalue weighted by Gasteiger charge is 2.19. The van der Waals surface area contributed by atoms with Crippen LogP contribution in [0.25, 0.3) is 0 Å². The second kappa shape index (κ2) is 7.86. The number of hydrogen-bond acceptors (Lipinski definition) is 5. The van der Waals surface area contributed by atoms with E-state index in [0.717, 1.165) is 44.2 Å². The van der Waals surface area contributed by atoms with Crippen LogP contribution < -0.4 is 10.2 Å². The molecule has 7 heteroatoms. The van der Waals surface area contributed by atoms with Gasteiger partial charge in [0.25, 0.3) is 5.91 Å². The van der Waals surface area contributed by atoms with Crippen LogP contribution in [0.15, 0.2) is 22.6 Å². The fourth-order valence-corrected chi connectivity index (χ4v) is 3.08. The van der Waals surface area contributed by atoms with Crippen molar-refractivity contribution in [2.24, 2.45) is 0 Å². The monoisotopic (exact) mass is 360 g/mol. The molecule has 2 heterocycles. The molecule has 1 aliphatic heterocycles. The van der Waals surface area contributed by atoms with Crippen molar-refractivity contribution in [3.8, 4) is 0 Å². The average molecular weight is 360 g/mol. The van der Waals surface area contributed by atoms with Gasteiger partial charge in [-0.15, -0.1) is 0 Å². The molecule has 0 radical (unpaired) electrons. The highest BCUT2D eigenvalue weighted by Crippen LogP contribution is 2.22. The Morgan fingerprint density at radius 1 is 1.27 bits per heavy atom. The number of aromatic nitrogens is 1. The van der Waals surface area contributed by atoms with Gasteiger partial charge in [-0.05, 0) is 38.6 Å². The largest absolute Gasteiger partial charge is 0.444 e. The van der Waals surface area contributed by atoms with Gasteiger partial charge in [-0.3, -0.25) is 4.79 Å². The summed E-state index contributed by atoms with van der Waals surface area (Å²) in [7, 11) is 0. The summed E-state index contributed by atoms with van der Waals surface area (Å²) in [4.78, 5) is 20.8. The maximum atomic E-state index is 14.5. The fourth-order valence-electron chi connectivity index (χ4n) is 3.08. The van der Waals surface area contributed by atoms with E-state index in [0.29, 0.717) is 17.1 Å². The minimum atomic E-state index is -0.370. The lowest BCUT2D eigenvalue weighted by atomic mass is 10.1. The van der Waals surface area contributed by atoms with Gasteiger partial charge >= 0.3 is 0 Å². The number of carbonyl (C=O) groups is 1. The Labute approximate surface area is 153 Å². The molecule has 140 valence electrons. The average Bonchev–Trinajstić information content (AvgIpc) is 2.97. The third-order valence-electron chi connectivity index (χ3n) is 4.84. The van der Waals surface area contributed by atoms with Crippen molar-refractivity contribution >= 4 is 11.6 Å². The predicted octanol–water partition coefficient (Wildman–Crippen LogP) is 2.50. The van der Waals surface area contributed by atoms with E-state index in [1.807, 2.05) is 18.7 Å². The Bertz CT molecular complexity index is 762. The second-order valence-electron chi connectivity index (χ2n) is 6.52. The van der Waals surface area contributed by atoms with Crippen molar-refractivity contribution < 1.29 is 13.6 Å². The standard InChI is InChI=1S/C19H25FN4O2/c1-4-23-7-9-24(10-8-23)17-6-5-15(11-16(17)20)19(25)21-12-18-22-13(2)14(3)26-18/h5-6,11H,4,7-10,12H2,1-3H3,(H,21,25). The number of halogens is 1. The number of nitrogens with zero attached hydrogens (tertiary/aromatic N) is 3. The molecule has 6 nitrogen and oxygen atoms in total. The van der Waals surface area contributed by atoms with Crippen molar-refractivity contribution in [3.05, 3.63) is 46.9 Å². The molecule has 0 saturated carbocycles. The molecule has 26 heavy (non-hydrogen) atoms. The molecule has 0 bridgehead atoms.